The number of amides is 4. The van der Waals surface area contributed by atoms with Gasteiger partial charge in [0.25, 0.3) is 0 Å². The molecule has 4 aromatic carbocycles. The molecule has 5 rings (SSSR count). The maximum atomic E-state index is 13.9. The first-order valence-corrected chi connectivity index (χ1v) is 18.0. The Bertz CT molecular complexity index is 1980. The number of carbonyl (C=O) groups is 6. The van der Waals surface area contributed by atoms with Crippen LogP contribution in [-0.4, -0.2) is 107 Å². The molecule has 0 aliphatic heterocycles. The van der Waals surface area contributed by atoms with Crippen molar-refractivity contribution in [3.8, 4) is 11.5 Å². The molecule has 4 amide bonds. The number of hydrogen-bond acceptors (Lipinski definition) is 12. The van der Waals surface area contributed by atoms with Crippen molar-refractivity contribution in [3.63, 3.8) is 0 Å². The maximum Gasteiger partial charge on any atom is 0.405 e. The summed E-state index contributed by atoms with van der Waals surface area (Å²) in [5.74, 6) is -3.95. The average Bonchev–Trinajstić information content (AvgIpc) is 3.20. The van der Waals surface area contributed by atoms with E-state index in [4.69, 9.17) is 9.47 Å². The van der Waals surface area contributed by atoms with E-state index < -0.39 is 70.3 Å². The van der Waals surface area contributed by atoms with Crippen LogP contribution >= 0.6 is 0 Å². The number of aromatic hydroxyl groups is 2. The quantitative estimate of drug-likeness (QED) is 0.0401. The van der Waals surface area contributed by atoms with Crippen LogP contribution in [0.3, 0.4) is 0 Å². The molecule has 2 unspecified atom stereocenters. The van der Waals surface area contributed by atoms with Crippen LogP contribution in [0.1, 0.15) is 43.0 Å². The Morgan fingerprint density at radius 2 is 0.897 bits per heavy atom. The smallest absolute Gasteiger partial charge is 0.405 e. The summed E-state index contributed by atoms with van der Waals surface area (Å²) in [7, 11) is 0. The van der Waals surface area contributed by atoms with Gasteiger partial charge in [-0.25, -0.2) is 9.59 Å². The Labute approximate surface area is 331 Å². The molecule has 0 saturated carbocycles. The van der Waals surface area contributed by atoms with Crippen molar-refractivity contribution in [2.45, 2.75) is 25.3 Å². The number of rotatable bonds is 20. The Balaban J connectivity index is 1.24. The molecular formula is C40H42N6O12. The third kappa shape index (κ3) is 11.0. The van der Waals surface area contributed by atoms with Crippen LogP contribution in [0, 0.1) is 0 Å². The lowest BCUT2D eigenvalue weighted by molar-refractivity contribution is -0.125. The van der Waals surface area contributed by atoms with Crippen LogP contribution in [0.15, 0.2) is 84.9 Å². The largest absolute Gasteiger partial charge is 0.507 e. The van der Waals surface area contributed by atoms with E-state index >= 15 is 0 Å². The van der Waals surface area contributed by atoms with Crippen LogP contribution in [0.4, 0.5) is 21.0 Å². The van der Waals surface area contributed by atoms with Gasteiger partial charge < -0.3 is 61.8 Å². The van der Waals surface area contributed by atoms with Gasteiger partial charge in [0.05, 0.1) is 48.7 Å². The first-order valence-electron chi connectivity index (χ1n) is 18.0. The van der Waals surface area contributed by atoms with Crippen molar-refractivity contribution < 1.29 is 58.7 Å². The molecule has 4 aromatic rings. The van der Waals surface area contributed by atoms with E-state index in [-0.39, 0.29) is 75.1 Å². The number of phenolic OH excluding ortho intramolecular Hbond substituents is 2. The molecule has 1 aliphatic rings. The Morgan fingerprint density at radius 3 is 1.26 bits per heavy atom. The van der Waals surface area contributed by atoms with Gasteiger partial charge in [0, 0.05) is 37.6 Å². The van der Waals surface area contributed by atoms with Gasteiger partial charge in [-0.3, -0.25) is 19.2 Å². The van der Waals surface area contributed by atoms with Crippen LogP contribution < -0.4 is 31.9 Å². The third-order valence-electron chi connectivity index (χ3n) is 8.77. The lowest BCUT2D eigenvalue weighted by Gasteiger charge is -2.25. The summed E-state index contributed by atoms with van der Waals surface area (Å²) >= 11 is 0. The Hall–Kier alpha value is -7.18. The van der Waals surface area contributed by atoms with Gasteiger partial charge in [0.2, 0.25) is 23.4 Å². The Morgan fingerprint density at radius 1 is 0.517 bits per heavy atom. The van der Waals surface area contributed by atoms with E-state index in [1.165, 1.54) is 12.1 Å². The molecule has 0 fully saturated rings. The molecule has 0 bridgehead atoms. The van der Waals surface area contributed by atoms with Crippen molar-refractivity contribution in [2.24, 2.45) is 0 Å². The molecule has 304 valence electrons. The zero-order chi connectivity index (χ0) is 41.6. The van der Waals surface area contributed by atoms with E-state index in [0.717, 1.165) is 23.3 Å². The summed E-state index contributed by atoms with van der Waals surface area (Å²) in [6.45, 7) is -0.296. The average molecular weight is 799 g/mol. The summed E-state index contributed by atoms with van der Waals surface area (Å²) in [6.07, 6.45) is -2.85. The molecule has 58 heavy (non-hydrogen) atoms. The minimum Gasteiger partial charge on any atom is -0.507 e. The van der Waals surface area contributed by atoms with Gasteiger partial charge in [-0.2, -0.15) is 0 Å². The number of nitrogens with one attached hydrogen (secondary N) is 6. The number of carbonyl (C=O) groups excluding carboxylic acids is 4. The fraction of sp³-hybridized carbons (Fsp3) is 0.250. The molecule has 18 heteroatoms. The van der Waals surface area contributed by atoms with Gasteiger partial charge in [-0.05, 0) is 35.4 Å². The molecule has 2 atom stereocenters. The van der Waals surface area contributed by atoms with Crippen LogP contribution in [0.5, 0.6) is 11.5 Å². The van der Waals surface area contributed by atoms with Crippen molar-refractivity contribution >= 4 is 46.9 Å². The molecular weight excluding hydrogens is 756 g/mol. The van der Waals surface area contributed by atoms with E-state index in [9.17, 15) is 49.2 Å². The number of fused-ring (bicyclic) bond motifs is 2. The van der Waals surface area contributed by atoms with Gasteiger partial charge in [-0.15, -0.1) is 0 Å². The fourth-order valence-electron chi connectivity index (χ4n) is 6.07. The number of hydrogen-bond donors (Lipinski definition) is 10. The molecule has 0 radical (unpaired) electrons. The van der Waals surface area contributed by atoms with Gasteiger partial charge in [0.1, 0.15) is 23.6 Å². The standard InChI is InChI=1S/C40H42N6O12/c47-29-13-14-30(48)34-33(29)35(49)31-25(41-15-17-43-37(51)27(45-39(53)54)21-57-19-23-7-3-1-4-8-23)11-12-26(32(31)36(34)50)42-16-18-44-38(52)28(46-40(55)56)22-58-20-24-9-5-2-6-10-24/h1-14,27-28,41-42,45-48H,15-22H2,(H,43,51)(H,44,52)(H,53,54)(H,55,56). The summed E-state index contributed by atoms with van der Waals surface area (Å²) in [5.41, 5.74) is 0.886. The molecule has 0 aromatic heterocycles. The highest BCUT2D eigenvalue weighted by molar-refractivity contribution is 6.33. The zero-order valence-electron chi connectivity index (χ0n) is 30.9. The summed E-state index contributed by atoms with van der Waals surface area (Å²) in [5, 5.41) is 55.2. The van der Waals surface area contributed by atoms with Gasteiger partial charge in [-0.1, -0.05) is 60.7 Å². The maximum absolute atomic E-state index is 13.9. The first-order chi connectivity index (χ1) is 27.9. The molecule has 10 N–H and O–H groups in total. The second-order valence-corrected chi connectivity index (χ2v) is 12.9. The monoisotopic (exact) mass is 798 g/mol. The highest BCUT2D eigenvalue weighted by atomic mass is 16.5. The third-order valence-corrected chi connectivity index (χ3v) is 8.77. The summed E-state index contributed by atoms with van der Waals surface area (Å²) in [6, 6.07) is 20.9. The van der Waals surface area contributed by atoms with Crippen molar-refractivity contribution in [1.29, 1.82) is 0 Å². The van der Waals surface area contributed by atoms with E-state index in [0.29, 0.717) is 0 Å². The number of carboxylic acid groups (broad SMARTS) is 2. The number of anilines is 2. The van der Waals surface area contributed by atoms with Crippen molar-refractivity contribution in [3.05, 3.63) is 118 Å². The molecule has 0 saturated heterocycles. The van der Waals surface area contributed by atoms with Crippen molar-refractivity contribution in [1.82, 2.24) is 21.3 Å². The highest BCUT2D eigenvalue weighted by Crippen LogP contribution is 2.42. The van der Waals surface area contributed by atoms with Crippen LogP contribution in [-0.2, 0) is 32.3 Å². The summed E-state index contributed by atoms with van der Waals surface area (Å²) < 4.78 is 11.1. The SMILES string of the molecule is O=C(O)NC(COCc1ccccc1)C(=O)NCCNc1ccc(NCCNC(=O)C(COCc2ccccc2)NC(=O)O)c2c1C(=O)c1c(O)ccc(O)c1C2=O. The zero-order valence-corrected chi connectivity index (χ0v) is 30.9. The van der Waals surface area contributed by atoms with Crippen molar-refractivity contribution in [2.75, 3.05) is 50.0 Å². The van der Waals surface area contributed by atoms with Gasteiger partial charge in [0.15, 0.2) is 0 Å². The fourth-order valence-corrected chi connectivity index (χ4v) is 6.07. The Kier molecular flexibility index (Phi) is 14.6. The van der Waals surface area contributed by atoms with Crippen LogP contribution in [0.25, 0.3) is 0 Å². The van der Waals surface area contributed by atoms with E-state index in [2.05, 4.69) is 31.9 Å². The van der Waals surface area contributed by atoms with Crippen LogP contribution in [0.2, 0.25) is 0 Å². The second kappa shape index (κ2) is 20.1. The number of ether oxygens (including phenoxy) is 2. The second-order valence-electron chi connectivity index (χ2n) is 12.9. The molecule has 0 heterocycles. The topological polar surface area (TPSA) is 274 Å². The molecule has 0 spiro atoms. The lowest BCUT2D eigenvalue weighted by atomic mass is 9.81. The minimum absolute atomic E-state index is 0.00259. The number of phenols is 2. The van der Waals surface area contributed by atoms with E-state index in [1.54, 1.807) is 0 Å². The summed E-state index contributed by atoms with van der Waals surface area (Å²) in [4.78, 5) is 76.4. The number of benzene rings is 4. The minimum atomic E-state index is -1.43. The first kappa shape index (κ1) is 42.0. The number of ketones is 2. The van der Waals surface area contributed by atoms with E-state index in [1.807, 2.05) is 60.7 Å². The predicted molar refractivity (Wildman–Crippen MR) is 208 cm³/mol. The van der Waals surface area contributed by atoms with Gasteiger partial charge >= 0.3 is 12.2 Å². The highest BCUT2D eigenvalue weighted by Gasteiger charge is 2.38. The normalized spacial score (nSPS) is 12.6. The lowest BCUT2D eigenvalue weighted by Crippen LogP contribution is -2.49. The molecule has 1 aliphatic carbocycles. The predicted octanol–water partition coefficient (Wildman–Crippen LogP) is 2.64. The molecule has 18 nitrogen and oxygen atoms in total.